The molecule has 2 saturated heterocycles. The van der Waals surface area contributed by atoms with Crippen molar-refractivity contribution in [2.24, 2.45) is 7.05 Å². The highest BCUT2D eigenvalue weighted by atomic mass is 19.1. The molecule has 0 amide bonds. The van der Waals surface area contributed by atoms with Crippen molar-refractivity contribution in [3.05, 3.63) is 53.9 Å². The minimum absolute atomic E-state index is 0.297. The Labute approximate surface area is 135 Å². The molecule has 0 aliphatic carbocycles. The highest BCUT2D eigenvalue weighted by molar-refractivity contribution is 5.27. The number of imidazole rings is 1. The number of hydrogen-bond acceptors (Lipinski definition) is 3. The first-order valence-corrected chi connectivity index (χ1v) is 8.25. The van der Waals surface area contributed by atoms with Crippen molar-refractivity contribution >= 4 is 0 Å². The zero-order valence-electron chi connectivity index (χ0n) is 13.3. The number of aromatic nitrogens is 2. The van der Waals surface area contributed by atoms with Gasteiger partial charge < -0.3 is 9.67 Å². The van der Waals surface area contributed by atoms with Gasteiger partial charge >= 0.3 is 0 Å². The molecule has 2 aromatic rings. The van der Waals surface area contributed by atoms with Gasteiger partial charge in [0, 0.05) is 37.4 Å². The van der Waals surface area contributed by atoms with Gasteiger partial charge in [-0.2, -0.15) is 0 Å². The number of hydrogen-bond donors (Lipinski definition) is 1. The van der Waals surface area contributed by atoms with Gasteiger partial charge in [0.15, 0.2) is 0 Å². The van der Waals surface area contributed by atoms with Crippen LogP contribution in [0.4, 0.5) is 4.39 Å². The molecule has 0 unspecified atom stereocenters. The predicted octanol–water partition coefficient (Wildman–Crippen LogP) is 2.57. The van der Waals surface area contributed by atoms with Gasteiger partial charge in [-0.15, -0.1) is 0 Å². The third-order valence-corrected chi connectivity index (χ3v) is 5.55. The van der Waals surface area contributed by atoms with E-state index in [2.05, 4.69) is 9.88 Å². The van der Waals surface area contributed by atoms with E-state index in [1.165, 1.54) is 11.8 Å². The van der Waals surface area contributed by atoms with Gasteiger partial charge in [0.1, 0.15) is 5.82 Å². The highest BCUT2D eigenvalue weighted by Crippen LogP contribution is 2.46. The molecule has 1 aromatic carbocycles. The molecule has 3 heterocycles. The van der Waals surface area contributed by atoms with E-state index in [0.717, 1.165) is 19.4 Å². The minimum Gasteiger partial charge on any atom is -0.385 e. The maximum Gasteiger partial charge on any atom is 0.129 e. The van der Waals surface area contributed by atoms with Crippen molar-refractivity contribution in [2.45, 2.75) is 49.9 Å². The summed E-state index contributed by atoms with van der Waals surface area (Å²) in [6.45, 7) is 0.846. The Morgan fingerprint density at radius 1 is 1.26 bits per heavy atom. The number of fused-ring (bicyclic) bond motifs is 2. The van der Waals surface area contributed by atoms with Gasteiger partial charge in [-0.1, -0.05) is 18.2 Å². The quantitative estimate of drug-likeness (QED) is 0.946. The molecule has 2 aliphatic heterocycles. The van der Waals surface area contributed by atoms with E-state index in [1.54, 1.807) is 18.2 Å². The Balaban J connectivity index is 1.58. The smallest absolute Gasteiger partial charge is 0.129 e. The lowest BCUT2D eigenvalue weighted by molar-refractivity contribution is -0.0620. The summed E-state index contributed by atoms with van der Waals surface area (Å²) in [6.07, 6.45) is 7.05. The lowest BCUT2D eigenvalue weighted by atomic mass is 9.80. The molecule has 2 bridgehead atoms. The standard InChI is InChI=1S/C18H22FN3O/c1-21-12-20-10-15(21)11-22-13-6-7-14(22)9-18(23,8-13)16-4-2-3-5-17(16)19/h2-5,10,12-14,23H,6-9,11H2,1H3/t13-,14-/m1/s1. The average molecular weight is 315 g/mol. The van der Waals surface area contributed by atoms with Gasteiger partial charge in [-0.05, 0) is 31.7 Å². The second kappa shape index (κ2) is 5.42. The van der Waals surface area contributed by atoms with Crippen molar-refractivity contribution in [2.75, 3.05) is 0 Å². The van der Waals surface area contributed by atoms with Crippen molar-refractivity contribution in [3.63, 3.8) is 0 Å². The third kappa shape index (κ3) is 2.48. The first-order chi connectivity index (χ1) is 11.1. The summed E-state index contributed by atoms with van der Waals surface area (Å²) in [5.41, 5.74) is 0.593. The molecule has 5 heteroatoms. The van der Waals surface area contributed by atoms with Crippen molar-refractivity contribution in [3.8, 4) is 0 Å². The Morgan fingerprint density at radius 2 is 1.96 bits per heavy atom. The fraction of sp³-hybridized carbons (Fsp3) is 0.500. The van der Waals surface area contributed by atoms with Crippen LogP contribution in [0.1, 0.15) is 36.9 Å². The summed E-state index contributed by atoms with van der Waals surface area (Å²) >= 11 is 0. The first kappa shape index (κ1) is 14.8. The zero-order valence-corrected chi connectivity index (χ0v) is 13.3. The number of nitrogens with zero attached hydrogens (tertiary/aromatic N) is 3. The van der Waals surface area contributed by atoms with Crippen LogP contribution in [0.3, 0.4) is 0 Å². The maximum absolute atomic E-state index is 14.2. The van der Waals surface area contributed by atoms with Gasteiger partial charge in [-0.3, -0.25) is 4.90 Å². The summed E-state index contributed by atoms with van der Waals surface area (Å²) < 4.78 is 16.2. The Bertz CT molecular complexity index is 700. The van der Waals surface area contributed by atoms with E-state index < -0.39 is 5.60 Å². The van der Waals surface area contributed by atoms with Crippen LogP contribution in [0.2, 0.25) is 0 Å². The topological polar surface area (TPSA) is 41.3 Å². The van der Waals surface area contributed by atoms with E-state index in [-0.39, 0.29) is 5.82 Å². The van der Waals surface area contributed by atoms with E-state index in [1.807, 2.05) is 24.1 Å². The van der Waals surface area contributed by atoms with Crippen LogP contribution in [-0.4, -0.2) is 31.6 Å². The van der Waals surface area contributed by atoms with Crippen LogP contribution in [0.5, 0.6) is 0 Å². The molecule has 0 saturated carbocycles. The van der Waals surface area contributed by atoms with Crippen LogP contribution in [0, 0.1) is 5.82 Å². The second-order valence-corrected chi connectivity index (χ2v) is 6.97. The SMILES string of the molecule is Cn1cncc1CN1[C@@H]2CC[C@@H]1CC(O)(c1ccccc1F)C2. The molecule has 2 aliphatic rings. The molecular formula is C18H22FN3O. The van der Waals surface area contributed by atoms with Gasteiger partial charge in [0.2, 0.25) is 0 Å². The molecule has 4 nitrogen and oxygen atoms in total. The predicted molar refractivity (Wildman–Crippen MR) is 85.1 cm³/mol. The summed E-state index contributed by atoms with van der Waals surface area (Å²) in [5, 5.41) is 11.1. The molecule has 4 rings (SSSR count). The van der Waals surface area contributed by atoms with E-state index in [4.69, 9.17) is 0 Å². The fourth-order valence-electron chi connectivity index (χ4n) is 4.36. The van der Waals surface area contributed by atoms with Gasteiger partial charge in [0.05, 0.1) is 17.6 Å². The summed E-state index contributed by atoms with van der Waals surface area (Å²) in [6, 6.07) is 7.25. The molecule has 0 spiro atoms. The summed E-state index contributed by atoms with van der Waals surface area (Å²) in [5.74, 6) is -0.297. The normalized spacial score (nSPS) is 30.7. The lowest BCUT2D eigenvalue weighted by Gasteiger charge is -2.44. The number of halogens is 1. The molecule has 2 fully saturated rings. The average Bonchev–Trinajstić information content (AvgIpc) is 3.03. The Kier molecular flexibility index (Phi) is 3.50. The third-order valence-electron chi connectivity index (χ3n) is 5.55. The number of aryl methyl sites for hydroxylation is 1. The minimum atomic E-state index is -1.04. The Morgan fingerprint density at radius 3 is 2.57 bits per heavy atom. The largest absolute Gasteiger partial charge is 0.385 e. The van der Waals surface area contributed by atoms with Crippen LogP contribution in [-0.2, 0) is 19.2 Å². The van der Waals surface area contributed by atoms with E-state index in [0.29, 0.717) is 30.5 Å². The number of benzene rings is 1. The van der Waals surface area contributed by atoms with Crippen molar-refractivity contribution in [1.82, 2.24) is 14.5 Å². The molecule has 1 N–H and O–H groups in total. The van der Waals surface area contributed by atoms with Crippen molar-refractivity contribution in [1.29, 1.82) is 0 Å². The van der Waals surface area contributed by atoms with Crippen LogP contribution in [0.15, 0.2) is 36.8 Å². The molecule has 0 radical (unpaired) electrons. The summed E-state index contributed by atoms with van der Waals surface area (Å²) in [7, 11) is 2.00. The first-order valence-electron chi connectivity index (χ1n) is 8.25. The van der Waals surface area contributed by atoms with E-state index in [9.17, 15) is 9.50 Å². The van der Waals surface area contributed by atoms with Crippen LogP contribution in [0.25, 0.3) is 0 Å². The van der Waals surface area contributed by atoms with Crippen LogP contribution < -0.4 is 0 Å². The number of rotatable bonds is 3. The second-order valence-electron chi connectivity index (χ2n) is 6.97. The lowest BCUT2D eigenvalue weighted by Crippen LogP contribution is -2.49. The van der Waals surface area contributed by atoms with Gasteiger partial charge in [-0.25, -0.2) is 9.37 Å². The molecular weight excluding hydrogens is 293 g/mol. The Hall–Kier alpha value is -1.72. The zero-order chi connectivity index (χ0) is 16.0. The van der Waals surface area contributed by atoms with Gasteiger partial charge in [0.25, 0.3) is 0 Å². The molecule has 122 valence electrons. The number of aliphatic hydroxyl groups is 1. The fourth-order valence-corrected chi connectivity index (χ4v) is 4.36. The highest BCUT2D eigenvalue weighted by Gasteiger charge is 2.49. The molecule has 1 aromatic heterocycles. The summed E-state index contributed by atoms with van der Waals surface area (Å²) in [4.78, 5) is 6.65. The monoisotopic (exact) mass is 315 g/mol. The van der Waals surface area contributed by atoms with E-state index >= 15 is 0 Å². The molecule has 23 heavy (non-hydrogen) atoms. The maximum atomic E-state index is 14.2. The van der Waals surface area contributed by atoms with Crippen molar-refractivity contribution < 1.29 is 9.50 Å². The molecule has 2 atom stereocenters. The van der Waals surface area contributed by atoms with Crippen LogP contribution >= 0.6 is 0 Å². The number of piperidine rings is 1.